The average Bonchev–Trinajstić information content (AvgIpc) is 2.90. The molecule has 0 aliphatic rings. The van der Waals surface area contributed by atoms with Crippen molar-refractivity contribution in [2.24, 2.45) is 0 Å². The van der Waals surface area contributed by atoms with Crippen LogP contribution in [0.25, 0.3) is 16.9 Å². The van der Waals surface area contributed by atoms with Gasteiger partial charge in [-0.15, -0.1) is 0 Å². The fourth-order valence-electron chi connectivity index (χ4n) is 1.93. The van der Waals surface area contributed by atoms with E-state index in [4.69, 9.17) is 0 Å². The number of hydrogen-bond acceptors (Lipinski definition) is 2. The van der Waals surface area contributed by atoms with Crippen molar-refractivity contribution < 1.29 is 5.11 Å². The van der Waals surface area contributed by atoms with Crippen LogP contribution in [0.4, 0.5) is 0 Å². The van der Waals surface area contributed by atoms with Crippen molar-refractivity contribution in [1.29, 1.82) is 0 Å². The molecule has 0 unspecified atom stereocenters. The van der Waals surface area contributed by atoms with E-state index in [0.717, 1.165) is 16.9 Å². The number of phenols is 1. The van der Waals surface area contributed by atoms with Gasteiger partial charge in [0.1, 0.15) is 5.75 Å². The molecule has 18 heavy (non-hydrogen) atoms. The molecule has 0 fully saturated rings. The lowest BCUT2D eigenvalue weighted by Crippen LogP contribution is -1.98. The molecule has 0 saturated heterocycles. The van der Waals surface area contributed by atoms with Crippen molar-refractivity contribution >= 4 is 0 Å². The van der Waals surface area contributed by atoms with E-state index in [1.807, 2.05) is 53.2 Å². The molecule has 3 aromatic rings. The van der Waals surface area contributed by atoms with Crippen LogP contribution in [-0.2, 0) is 0 Å². The monoisotopic (exact) mass is 236 g/mol. The van der Waals surface area contributed by atoms with E-state index in [1.165, 1.54) is 0 Å². The number of hydrogen-bond donors (Lipinski definition) is 1. The number of para-hydroxylation sites is 1. The molecule has 1 aromatic heterocycles. The van der Waals surface area contributed by atoms with Crippen molar-refractivity contribution in [3.05, 3.63) is 66.9 Å². The predicted octanol–water partition coefficient (Wildman–Crippen LogP) is 3.24. The van der Waals surface area contributed by atoms with Gasteiger partial charge >= 0.3 is 0 Å². The standard InChI is InChI=1S/C15H12N2O/c18-14-8-6-12(7-9-14)15-10-11-16-17(15)13-4-2-1-3-5-13/h1-11,18H. The van der Waals surface area contributed by atoms with Crippen molar-refractivity contribution in [2.75, 3.05) is 0 Å². The maximum absolute atomic E-state index is 9.32. The van der Waals surface area contributed by atoms with E-state index in [1.54, 1.807) is 18.3 Å². The third kappa shape index (κ3) is 1.86. The third-order valence-corrected chi connectivity index (χ3v) is 2.81. The first-order valence-corrected chi connectivity index (χ1v) is 5.73. The molecule has 0 bridgehead atoms. The number of rotatable bonds is 2. The second kappa shape index (κ2) is 4.37. The quantitative estimate of drug-likeness (QED) is 0.741. The van der Waals surface area contributed by atoms with Gasteiger partial charge in [0.15, 0.2) is 0 Å². The van der Waals surface area contributed by atoms with Crippen LogP contribution in [0.1, 0.15) is 0 Å². The molecule has 0 amide bonds. The second-order valence-electron chi connectivity index (χ2n) is 4.01. The Hall–Kier alpha value is -2.55. The summed E-state index contributed by atoms with van der Waals surface area (Å²) < 4.78 is 1.88. The highest BCUT2D eigenvalue weighted by atomic mass is 16.3. The minimum atomic E-state index is 0.268. The summed E-state index contributed by atoms with van der Waals surface area (Å²) in [6, 6.07) is 19.0. The maximum atomic E-state index is 9.32. The Labute approximate surface area is 105 Å². The Morgan fingerprint density at radius 2 is 1.56 bits per heavy atom. The minimum absolute atomic E-state index is 0.268. The van der Waals surface area contributed by atoms with E-state index in [2.05, 4.69) is 5.10 Å². The van der Waals surface area contributed by atoms with Crippen LogP contribution in [0.15, 0.2) is 66.9 Å². The summed E-state index contributed by atoms with van der Waals surface area (Å²) in [5, 5.41) is 13.7. The van der Waals surface area contributed by atoms with Crippen LogP contribution in [-0.4, -0.2) is 14.9 Å². The van der Waals surface area contributed by atoms with E-state index in [-0.39, 0.29) is 5.75 Å². The molecule has 0 saturated carbocycles. The zero-order valence-corrected chi connectivity index (χ0v) is 9.69. The summed E-state index contributed by atoms with van der Waals surface area (Å²) in [7, 11) is 0. The van der Waals surface area contributed by atoms with Crippen LogP contribution >= 0.6 is 0 Å². The van der Waals surface area contributed by atoms with Gasteiger partial charge in [-0.25, -0.2) is 4.68 Å². The summed E-state index contributed by atoms with van der Waals surface area (Å²) in [6.07, 6.45) is 1.77. The first-order valence-electron chi connectivity index (χ1n) is 5.73. The van der Waals surface area contributed by atoms with Crippen LogP contribution in [0.3, 0.4) is 0 Å². The van der Waals surface area contributed by atoms with Crippen molar-refractivity contribution in [1.82, 2.24) is 9.78 Å². The zero-order valence-electron chi connectivity index (χ0n) is 9.69. The van der Waals surface area contributed by atoms with E-state index < -0.39 is 0 Å². The van der Waals surface area contributed by atoms with Gasteiger partial charge in [-0.1, -0.05) is 18.2 Å². The Morgan fingerprint density at radius 3 is 2.28 bits per heavy atom. The molecule has 0 radical (unpaired) electrons. The lowest BCUT2D eigenvalue weighted by molar-refractivity contribution is 0.475. The van der Waals surface area contributed by atoms with E-state index in [9.17, 15) is 5.11 Å². The summed E-state index contributed by atoms with van der Waals surface area (Å²) in [5.41, 5.74) is 3.04. The molecule has 3 rings (SSSR count). The first kappa shape index (κ1) is 10.6. The molecule has 3 heteroatoms. The number of phenolic OH excluding ortho intramolecular Hbond substituents is 1. The third-order valence-electron chi connectivity index (χ3n) is 2.81. The summed E-state index contributed by atoms with van der Waals surface area (Å²) in [6.45, 7) is 0. The lowest BCUT2D eigenvalue weighted by atomic mass is 10.1. The fraction of sp³-hybridized carbons (Fsp3) is 0. The lowest BCUT2D eigenvalue weighted by Gasteiger charge is -2.07. The normalized spacial score (nSPS) is 10.4. The zero-order chi connectivity index (χ0) is 12.4. The SMILES string of the molecule is Oc1ccc(-c2ccnn2-c2ccccc2)cc1. The smallest absolute Gasteiger partial charge is 0.115 e. The van der Waals surface area contributed by atoms with E-state index in [0.29, 0.717) is 0 Å². The number of nitrogens with zero attached hydrogens (tertiary/aromatic N) is 2. The van der Waals surface area contributed by atoms with Gasteiger partial charge in [0.25, 0.3) is 0 Å². The van der Waals surface area contributed by atoms with Gasteiger partial charge in [0, 0.05) is 5.56 Å². The molecular formula is C15H12N2O. The maximum Gasteiger partial charge on any atom is 0.115 e. The Morgan fingerprint density at radius 1 is 0.833 bits per heavy atom. The van der Waals surface area contributed by atoms with Crippen molar-refractivity contribution in [2.45, 2.75) is 0 Å². The summed E-state index contributed by atoms with van der Waals surface area (Å²) in [5.74, 6) is 0.268. The van der Waals surface area contributed by atoms with Crippen molar-refractivity contribution in [3.8, 4) is 22.7 Å². The molecule has 3 nitrogen and oxygen atoms in total. The van der Waals surface area contributed by atoms with Gasteiger partial charge in [-0.3, -0.25) is 0 Å². The van der Waals surface area contributed by atoms with Gasteiger partial charge in [0.05, 0.1) is 17.6 Å². The van der Waals surface area contributed by atoms with Crippen molar-refractivity contribution in [3.63, 3.8) is 0 Å². The number of benzene rings is 2. The molecule has 0 spiro atoms. The Balaban J connectivity index is 2.10. The Bertz CT molecular complexity index is 642. The molecule has 1 heterocycles. The highest BCUT2D eigenvalue weighted by Crippen LogP contribution is 2.23. The molecule has 88 valence electrons. The Kier molecular flexibility index (Phi) is 2.57. The van der Waals surface area contributed by atoms with Crippen LogP contribution in [0, 0.1) is 0 Å². The fourth-order valence-corrected chi connectivity index (χ4v) is 1.93. The molecule has 1 N–H and O–H groups in total. The molecule has 0 aliphatic carbocycles. The van der Waals surface area contributed by atoms with Gasteiger partial charge in [-0.2, -0.15) is 5.10 Å². The highest BCUT2D eigenvalue weighted by molar-refractivity contribution is 5.62. The molecule has 0 atom stereocenters. The average molecular weight is 236 g/mol. The van der Waals surface area contributed by atoms with Crippen LogP contribution in [0.5, 0.6) is 5.75 Å². The number of aromatic nitrogens is 2. The topological polar surface area (TPSA) is 38.1 Å². The van der Waals surface area contributed by atoms with E-state index >= 15 is 0 Å². The molecular weight excluding hydrogens is 224 g/mol. The second-order valence-corrected chi connectivity index (χ2v) is 4.01. The predicted molar refractivity (Wildman–Crippen MR) is 70.7 cm³/mol. The van der Waals surface area contributed by atoms with Gasteiger partial charge in [-0.05, 0) is 42.5 Å². The highest BCUT2D eigenvalue weighted by Gasteiger charge is 2.06. The largest absolute Gasteiger partial charge is 0.508 e. The van der Waals surface area contributed by atoms with Gasteiger partial charge < -0.3 is 5.11 Å². The van der Waals surface area contributed by atoms with Gasteiger partial charge in [0.2, 0.25) is 0 Å². The number of aromatic hydroxyl groups is 1. The first-order chi connectivity index (χ1) is 8.84. The summed E-state index contributed by atoms with van der Waals surface area (Å²) >= 11 is 0. The minimum Gasteiger partial charge on any atom is -0.508 e. The molecule has 2 aromatic carbocycles. The van der Waals surface area contributed by atoms with Crippen LogP contribution in [0.2, 0.25) is 0 Å². The molecule has 0 aliphatic heterocycles. The summed E-state index contributed by atoms with van der Waals surface area (Å²) in [4.78, 5) is 0. The van der Waals surface area contributed by atoms with Crippen LogP contribution < -0.4 is 0 Å².